The van der Waals surface area contributed by atoms with E-state index in [4.69, 9.17) is 9.57 Å². The minimum absolute atomic E-state index is 0.0862. The normalized spacial score (nSPS) is 23.7. The minimum Gasteiger partial charge on any atom is -0.457 e. The number of hydrogen-bond acceptors (Lipinski definition) is 5. The minimum atomic E-state index is -3.51. The van der Waals surface area contributed by atoms with Crippen LogP contribution in [0.1, 0.15) is 43.7 Å². The highest BCUT2D eigenvalue weighted by molar-refractivity contribution is 7.89. The second kappa shape index (κ2) is 9.06. The smallest absolute Gasteiger partial charge is 0.221 e. The molecule has 0 amide bonds. The van der Waals surface area contributed by atoms with Crippen molar-refractivity contribution in [1.82, 2.24) is 9.37 Å². The van der Waals surface area contributed by atoms with Gasteiger partial charge in [0.1, 0.15) is 16.7 Å². The van der Waals surface area contributed by atoms with Crippen LogP contribution in [-0.2, 0) is 14.9 Å². The maximum absolute atomic E-state index is 13.5. The van der Waals surface area contributed by atoms with Crippen LogP contribution in [0, 0.1) is 0 Å². The molecule has 0 unspecified atom stereocenters. The number of para-hydroxylation sites is 1. The molecule has 162 valence electrons. The molecule has 1 aliphatic heterocycles. The number of hydroxylamine groups is 2. The summed E-state index contributed by atoms with van der Waals surface area (Å²) in [6.45, 7) is 0.157. The molecule has 1 saturated heterocycles. The van der Waals surface area contributed by atoms with Gasteiger partial charge in [-0.2, -0.15) is 5.06 Å². The van der Waals surface area contributed by atoms with E-state index in [-0.39, 0.29) is 18.7 Å². The number of rotatable bonds is 6. The Morgan fingerprint density at radius 3 is 2.43 bits per heavy atom. The third kappa shape index (κ3) is 4.39. The van der Waals surface area contributed by atoms with Gasteiger partial charge in [-0.3, -0.25) is 4.84 Å². The van der Waals surface area contributed by atoms with Crippen LogP contribution < -0.4 is 4.74 Å². The summed E-state index contributed by atoms with van der Waals surface area (Å²) >= 11 is 0. The van der Waals surface area contributed by atoms with Crippen LogP contribution in [0.4, 0.5) is 0 Å². The number of nitrogens with zero attached hydrogens (tertiary/aromatic N) is 2. The number of ether oxygens (including phenoxy) is 1. The lowest BCUT2D eigenvalue weighted by Gasteiger charge is -2.33. The van der Waals surface area contributed by atoms with Crippen LogP contribution in [0.5, 0.6) is 11.5 Å². The molecule has 0 aromatic heterocycles. The van der Waals surface area contributed by atoms with Gasteiger partial charge in [0.25, 0.3) is 0 Å². The molecule has 2 aromatic carbocycles. The van der Waals surface area contributed by atoms with Crippen LogP contribution >= 0.6 is 0 Å². The Hall–Kier alpha value is -1.93. The zero-order valence-corrected chi connectivity index (χ0v) is 18.4. The molecule has 2 fully saturated rings. The summed E-state index contributed by atoms with van der Waals surface area (Å²) < 4.78 is 34.6. The molecular formula is C23H30N2O4S. The molecule has 0 spiro atoms. The van der Waals surface area contributed by atoms with Crippen LogP contribution in [0.3, 0.4) is 0 Å². The molecule has 1 heterocycles. The number of benzene rings is 2. The van der Waals surface area contributed by atoms with E-state index < -0.39 is 15.3 Å². The van der Waals surface area contributed by atoms with E-state index in [2.05, 4.69) is 0 Å². The van der Waals surface area contributed by atoms with Gasteiger partial charge in [-0.05, 0) is 42.7 Å². The quantitative estimate of drug-likeness (QED) is 0.682. The Labute approximate surface area is 179 Å². The van der Waals surface area contributed by atoms with Crippen molar-refractivity contribution < 1.29 is 18.0 Å². The fourth-order valence-corrected chi connectivity index (χ4v) is 6.46. The Bertz CT molecular complexity index is 945. The van der Waals surface area contributed by atoms with Crippen molar-refractivity contribution in [3.05, 3.63) is 60.2 Å². The maximum Gasteiger partial charge on any atom is 0.221 e. The molecule has 2 aliphatic rings. The molecule has 1 saturated carbocycles. The van der Waals surface area contributed by atoms with E-state index in [9.17, 15) is 8.42 Å². The number of sulfonamides is 1. The van der Waals surface area contributed by atoms with Gasteiger partial charge in [0, 0.05) is 20.1 Å². The molecule has 2 atom stereocenters. The van der Waals surface area contributed by atoms with E-state index in [1.807, 2.05) is 54.6 Å². The van der Waals surface area contributed by atoms with Crippen molar-refractivity contribution >= 4 is 10.0 Å². The average molecular weight is 431 g/mol. The van der Waals surface area contributed by atoms with Gasteiger partial charge in [-0.15, -0.1) is 0 Å². The summed E-state index contributed by atoms with van der Waals surface area (Å²) in [5.41, 5.74) is 0.869. The van der Waals surface area contributed by atoms with E-state index >= 15 is 0 Å². The highest BCUT2D eigenvalue weighted by Gasteiger charge is 2.46. The lowest BCUT2D eigenvalue weighted by Crippen LogP contribution is -2.45. The fraction of sp³-hybridized carbons (Fsp3) is 0.478. The first-order valence-electron chi connectivity index (χ1n) is 10.6. The Balaban J connectivity index is 1.58. The monoisotopic (exact) mass is 430 g/mol. The van der Waals surface area contributed by atoms with E-state index in [1.165, 1.54) is 6.42 Å². The Morgan fingerprint density at radius 1 is 1.00 bits per heavy atom. The van der Waals surface area contributed by atoms with Crippen LogP contribution in [0.2, 0.25) is 0 Å². The van der Waals surface area contributed by atoms with E-state index in [0.29, 0.717) is 5.75 Å². The van der Waals surface area contributed by atoms with Crippen molar-refractivity contribution in [2.24, 2.45) is 0 Å². The van der Waals surface area contributed by atoms with Gasteiger partial charge in [-0.25, -0.2) is 12.7 Å². The van der Waals surface area contributed by atoms with Crippen molar-refractivity contribution in [2.45, 2.75) is 49.4 Å². The lowest BCUT2D eigenvalue weighted by atomic mass is 9.96. The van der Waals surface area contributed by atoms with Crippen molar-refractivity contribution in [3.63, 3.8) is 0 Å². The predicted molar refractivity (Wildman–Crippen MR) is 117 cm³/mol. The van der Waals surface area contributed by atoms with Gasteiger partial charge >= 0.3 is 0 Å². The second-order valence-corrected chi connectivity index (χ2v) is 10.4. The van der Waals surface area contributed by atoms with E-state index in [1.54, 1.807) is 23.5 Å². The maximum atomic E-state index is 13.5. The summed E-state index contributed by atoms with van der Waals surface area (Å²) in [6.07, 6.45) is 5.24. The van der Waals surface area contributed by atoms with Crippen molar-refractivity contribution in [3.8, 4) is 11.5 Å². The van der Waals surface area contributed by atoms with Gasteiger partial charge in [0.2, 0.25) is 10.0 Å². The molecule has 0 N–H and O–H groups in total. The van der Waals surface area contributed by atoms with Gasteiger partial charge in [0.05, 0.1) is 12.6 Å². The predicted octanol–water partition coefficient (Wildman–Crippen LogP) is 4.36. The van der Waals surface area contributed by atoms with Gasteiger partial charge in [0.15, 0.2) is 0 Å². The Kier molecular flexibility index (Phi) is 6.43. The standard InChI is InChI=1S/C23H30N2O4S/c1-24-23(18-10-9-15-21(16-18)29-20-13-7-4-8-14-20)22(17-28-24)30(26,27)25(2)19-11-5-3-6-12-19/h4,7-10,13-16,19,22-23H,3,5-6,11-12,17H2,1-2H3/t22-,23+/m1/s1. The lowest BCUT2D eigenvalue weighted by molar-refractivity contribution is -0.110. The topological polar surface area (TPSA) is 59.1 Å². The number of hydrogen-bond donors (Lipinski definition) is 0. The third-order valence-electron chi connectivity index (χ3n) is 6.24. The summed E-state index contributed by atoms with van der Waals surface area (Å²) in [6, 6.07) is 16.9. The first-order valence-corrected chi connectivity index (χ1v) is 12.1. The molecule has 7 heteroatoms. The molecule has 1 aliphatic carbocycles. The summed E-state index contributed by atoms with van der Waals surface area (Å²) in [5, 5.41) is 1.01. The zero-order valence-electron chi connectivity index (χ0n) is 17.6. The first-order chi connectivity index (χ1) is 14.5. The second-order valence-electron chi connectivity index (χ2n) is 8.17. The average Bonchev–Trinajstić information content (AvgIpc) is 3.17. The highest BCUT2D eigenvalue weighted by atomic mass is 32.2. The largest absolute Gasteiger partial charge is 0.457 e. The van der Waals surface area contributed by atoms with Crippen LogP contribution in [0.25, 0.3) is 0 Å². The molecule has 0 bridgehead atoms. The molecule has 4 rings (SSSR count). The molecule has 30 heavy (non-hydrogen) atoms. The SMILES string of the molecule is CN1OC[C@@H](S(=O)(=O)N(C)C2CCCCC2)[C@@H]1c1cccc(Oc2ccccc2)c1. The molecule has 2 aromatic rings. The van der Waals surface area contributed by atoms with Crippen LogP contribution in [0.15, 0.2) is 54.6 Å². The van der Waals surface area contributed by atoms with Gasteiger partial charge in [-0.1, -0.05) is 49.6 Å². The highest BCUT2D eigenvalue weighted by Crippen LogP contribution is 2.38. The van der Waals surface area contributed by atoms with Crippen molar-refractivity contribution in [1.29, 1.82) is 0 Å². The van der Waals surface area contributed by atoms with Crippen molar-refractivity contribution in [2.75, 3.05) is 20.7 Å². The third-order valence-corrected chi connectivity index (χ3v) is 8.50. The summed E-state index contributed by atoms with van der Waals surface area (Å²) in [4.78, 5) is 5.70. The van der Waals surface area contributed by atoms with E-state index in [0.717, 1.165) is 37.0 Å². The first kappa shape index (κ1) is 21.3. The zero-order chi connectivity index (χ0) is 21.1. The molecular weight excluding hydrogens is 400 g/mol. The van der Waals surface area contributed by atoms with Crippen LogP contribution in [-0.4, -0.2) is 49.8 Å². The summed E-state index contributed by atoms with van der Waals surface area (Å²) in [7, 11) is 0.0145. The summed E-state index contributed by atoms with van der Waals surface area (Å²) in [5.74, 6) is 1.42. The Morgan fingerprint density at radius 2 is 1.70 bits per heavy atom. The molecule has 6 nitrogen and oxygen atoms in total. The van der Waals surface area contributed by atoms with Gasteiger partial charge < -0.3 is 4.74 Å². The molecule has 0 radical (unpaired) electrons. The fourth-order valence-electron chi connectivity index (χ4n) is 4.52.